The van der Waals surface area contributed by atoms with Crippen molar-refractivity contribution in [3.8, 4) is 5.75 Å². The van der Waals surface area contributed by atoms with Crippen LogP contribution in [0.3, 0.4) is 0 Å². The van der Waals surface area contributed by atoms with Crippen molar-refractivity contribution in [2.24, 2.45) is 0 Å². The Morgan fingerprint density at radius 1 is 1.25 bits per heavy atom. The van der Waals surface area contributed by atoms with Crippen LogP contribution in [0.2, 0.25) is 0 Å². The summed E-state index contributed by atoms with van der Waals surface area (Å²) in [4.78, 5) is 35.3. The average molecular weight is 293 g/mol. The largest absolute Gasteiger partial charge is 0.508 e. The molecule has 2 N–H and O–H groups in total. The van der Waals surface area contributed by atoms with Crippen molar-refractivity contribution in [3.63, 3.8) is 0 Å². The molecule has 1 heterocycles. The highest BCUT2D eigenvalue weighted by atomic mass is 32.2. The van der Waals surface area contributed by atoms with E-state index in [-0.39, 0.29) is 23.6 Å². The minimum atomic E-state index is -1.06. The maximum Gasteiger partial charge on any atom is 0.305 e. The lowest BCUT2D eigenvalue weighted by atomic mass is 10.2. The van der Waals surface area contributed by atoms with Crippen LogP contribution >= 0.6 is 11.8 Å². The van der Waals surface area contributed by atoms with E-state index in [0.29, 0.717) is 5.56 Å². The third kappa shape index (κ3) is 3.18. The van der Waals surface area contributed by atoms with Crippen molar-refractivity contribution in [2.45, 2.75) is 6.42 Å². The first-order valence-electron chi connectivity index (χ1n) is 5.73. The summed E-state index contributed by atoms with van der Waals surface area (Å²) in [6.07, 6.45) is 1.26. The molecular formula is C13H11NO5S. The van der Waals surface area contributed by atoms with E-state index in [1.807, 2.05) is 0 Å². The SMILES string of the molecule is O=C(O)CCN1C(=O)S/C(=C/c2ccc(O)cc2)C1=O. The van der Waals surface area contributed by atoms with Crippen LogP contribution < -0.4 is 0 Å². The molecule has 7 heteroatoms. The zero-order valence-electron chi connectivity index (χ0n) is 10.3. The summed E-state index contributed by atoms with van der Waals surface area (Å²) in [7, 11) is 0. The molecule has 1 saturated heterocycles. The first-order valence-corrected chi connectivity index (χ1v) is 6.55. The zero-order valence-corrected chi connectivity index (χ0v) is 11.1. The molecule has 0 saturated carbocycles. The van der Waals surface area contributed by atoms with Gasteiger partial charge in [0.25, 0.3) is 11.1 Å². The van der Waals surface area contributed by atoms with Gasteiger partial charge in [0.15, 0.2) is 0 Å². The highest BCUT2D eigenvalue weighted by molar-refractivity contribution is 8.18. The van der Waals surface area contributed by atoms with Crippen LogP contribution in [0.1, 0.15) is 12.0 Å². The van der Waals surface area contributed by atoms with Crippen LogP contribution in [0.25, 0.3) is 6.08 Å². The number of imide groups is 1. The molecule has 1 fully saturated rings. The van der Waals surface area contributed by atoms with Crippen molar-refractivity contribution in [1.82, 2.24) is 4.90 Å². The molecule has 1 aromatic carbocycles. The van der Waals surface area contributed by atoms with Gasteiger partial charge in [-0.1, -0.05) is 12.1 Å². The summed E-state index contributed by atoms with van der Waals surface area (Å²) in [6.45, 7) is -0.132. The summed E-state index contributed by atoms with van der Waals surface area (Å²) in [5.74, 6) is -1.45. The lowest BCUT2D eigenvalue weighted by Crippen LogP contribution is -2.30. The summed E-state index contributed by atoms with van der Waals surface area (Å²) in [5, 5.41) is 17.3. The molecule has 0 aliphatic carbocycles. The number of hydrogen-bond acceptors (Lipinski definition) is 5. The van der Waals surface area contributed by atoms with Crippen LogP contribution in [0.5, 0.6) is 5.75 Å². The number of thioether (sulfide) groups is 1. The number of phenols is 1. The van der Waals surface area contributed by atoms with Gasteiger partial charge < -0.3 is 10.2 Å². The second-order valence-electron chi connectivity index (χ2n) is 4.07. The van der Waals surface area contributed by atoms with Gasteiger partial charge in [-0.15, -0.1) is 0 Å². The molecule has 0 bridgehead atoms. The Morgan fingerprint density at radius 2 is 1.90 bits per heavy atom. The number of hydrogen-bond donors (Lipinski definition) is 2. The minimum absolute atomic E-state index is 0.108. The zero-order chi connectivity index (χ0) is 14.7. The van der Waals surface area contributed by atoms with Crippen LogP contribution in [0.4, 0.5) is 4.79 Å². The molecule has 1 aliphatic heterocycles. The quantitative estimate of drug-likeness (QED) is 0.823. The van der Waals surface area contributed by atoms with E-state index in [2.05, 4.69) is 0 Å². The van der Waals surface area contributed by atoms with Crippen molar-refractivity contribution < 1.29 is 24.6 Å². The maximum absolute atomic E-state index is 12.0. The number of phenolic OH excluding ortho intramolecular Hbond substituents is 1. The van der Waals surface area contributed by atoms with Crippen molar-refractivity contribution >= 4 is 35.0 Å². The van der Waals surface area contributed by atoms with Gasteiger partial charge in [0.05, 0.1) is 11.3 Å². The standard InChI is InChI=1S/C13H11NO5S/c15-9-3-1-8(2-4-9)7-10-12(18)14(13(19)20-10)6-5-11(16)17/h1-4,7,15H,5-6H2,(H,16,17)/b10-7+. The van der Waals surface area contributed by atoms with E-state index >= 15 is 0 Å². The van der Waals surface area contributed by atoms with Gasteiger partial charge in [-0.3, -0.25) is 19.3 Å². The lowest BCUT2D eigenvalue weighted by molar-refractivity contribution is -0.137. The van der Waals surface area contributed by atoms with Gasteiger partial charge >= 0.3 is 5.97 Å². The normalized spacial score (nSPS) is 17.0. The van der Waals surface area contributed by atoms with E-state index in [1.54, 1.807) is 12.1 Å². The van der Waals surface area contributed by atoms with Gasteiger partial charge in [-0.2, -0.15) is 0 Å². The molecule has 0 unspecified atom stereocenters. The molecule has 6 nitrogen and oxygen atoms in total. The number of rotatable bonds is 4. The van der Waals surface area contributed by atoms with Crippen molar-refractivity contribution in [3.05, 3.63) is 34.7 Å². The van der Waals surface area contributed by atoms with Crippen LogP contribution in [-0.2, 0) is 9.59 Å². The fourth-order valence-electron chi connectivity index (χ4n) is 1.62. The number of nitrogens with zero attached hydrogens (tertiary/aromatic N) is 1. The Morgan fingerprint density at radius 3 is 2.50 bits per heavy atom. The highest BCUT2D eigenvalue weighted by Gasteiger charge is 2.34. The minimum Gasteiger partial charge on any atom is -0.508 e. The first-order chi connectivity index (χ1) is 9.47. The Hall–Kier alpha value is -2.28. The van der Waals surface area contributed by atoms with Crippen LogP contribution in [0, 0.1) is 0 Å². The van der Waals surface area contributed by atoms with E-state index in [1.165, 1.54) is 18.2 Å². The predicted molar refractivity (Wildman–Crippen MR) is 73.0 cm³/mol. The third-order valence-corrected chi connectivity index (χ3v) is 3.52. The van der Waals surface area contributed by atoms with Crippen LogP contribution in [0.15, 0.2) is 29.2 Å². The molecule has 1 aliphatic rings. The maximum atomic E-state index is 12.0. The fraction of sp³-hybridized carbons (Fsp3) is 0.154. The summed E-state index contributed by atoms with van der Waals surface area (Å²) in [5.41, 5.74) is 0.673. The number of amides is 2. The second-order valence-corrected chi connectivity index (χ2v) is 5.06. The Labute approximate surface area is 118 Å². The molecule has 0 radical (unpaired) electrons. The van der Waals surface area contributed by atoms with Crippen molar-refractivity contribution in [2.75, 3.05) is 6.54 Å². The van der Waals surface area contributed by atoms with E-state index < -0.39 is 17.1 Å². The summed E-state index contributed by atoms with van der Waals surface area (Å²) in [6, 6.07) is 6.17. The van der Waals surface area contributed by atoms with Gasteiger partial charge in [0, 0.05) is 6.54 Å². The summed E-state index contributed by atoms with van der Waals surface area (Å²) >= 11 is 0.776. The molecule has 0 atom stereocenters. The Kier molecular flexibility index (Phi) is 4.09. The summed E-state index contributed by atoms with van der Waals surface area (Å²) < 4.78 is 0. The average Bonchev–Trinajstić information content (AvgIpc) is 2.65. The van der Waals surface area contributed by atoms with E-state index in [9.17, 15) is 14.4 Å². The van der Waals surface area contributed by atoms with Gasteiger partial charge in [0.2, 0.25) is 0 Å². The molecule has 0 spiro atoms. The monoisotopic (exact) mass is 293 g/mol. The van der Waals surface area contributed by atoms with Gasteiger partial charge in [-0.05, 0) is 35.5 Å². The topological polar surface area (TPSA) is 94.9 Å². The molecule has 20 heavy (non-hydrogen) atoms. The number of aromatic hydroxyl groups is 1. The van der Waals surface area contributed by atoms with Crippen LogP contribution in [-0.4, -0.2) is 38.8 Å². The van der Waals surface area contributed by atoms with E-state index in [4.69, 9.17) is 10.2 Å². The number of carboxylic acids is 1. The molecule has 104 valence electrons. The number of carbonyl (C=O) groups excluding carboxylic acids is 2. The predicted octanol–water partition coefficient (Wildman–Crippen LogP) is 1.90. The molecule has 2 rings (SSSR count). The van der Waals surface area contributed by atoms with Crippen molar-refractivity contribution in [1.29, 1.82) is 0 Å². The fourth-order valence-corrected chi connectivity index (χ4v) is 2.49. The number of carbonyl (C=O) groups is 3. The second kappa shape index (κ2) is 5.79. The number of aliphatic carboxylic acids is 1. The lowest BCUT2D eigenvalue weighted by Gasteiger charge is -2.09. The van der Waals surface area contributed by atoms with Gasteiger partial charge in [-0.25, -0.2) is 0 Å². The molecule has 2 amide bonds. The Bertz CT molecular complexity index is 593. The molecule has 1 aromatic rings. The Balaban J connectivity index is 2.14. The highest BCUT2D eigenvalue weighted by Crippen LogP contribution is 2.32. The molecule has 0 aromatic heterocycles. The first kappa shape index (κ1) is 14.1. The van der Waals surface area contributed by atoms with E-state index in [0.717, 1.165) is 16.7 Å². The smallest absolute Gasteiger partial charge is 0.305 e. The number of carboxylic acid groups (broad SMARTS) is 1. The molecular weight excluding hydrogens is 282 g/mol. The number of benzene rings is 1. The third-order valence-electron chi connectivity index (χ3n) is 2.61. The van der Waals surface area contributed by atoms with Gasteiger partial charge in [0.1, 0.15) is 5.75 Å².